The Bertz CT molecular complexity index is 3390. The van der Waals surface area contributed by atoms with Crippen molar-refractivity contribution in [2.45, 2.75) is 131 Å². The Hall–Kier alpha value is -7.02. The van der Waals surface area contributed by atoms with Crippen molar-refractivity contribution in [3.8, 4) is 66.8 Å². The first-order valence-corrected chi connectivity index (χ1v) is 27.4. The lowest BCUT2D eigenvalue weighted by atomic mass is 9.76. The molecule has 0 saturated carbocycles. The third-order valence-corrected chi connectivity index (χ3v) is 16.0. The Balaban J connectivity index is 1.39. The Morgan fingerprint density at radius 2 is 0.446 bits per heavy atom. The van der Waals surface area contributed by atoms with Gasteiger partial charge in [-0.15, -0.1) is 0 Å². The summed E-state index contributed by atoms with van der Waals surface area (Å²) in [6.45, 7) is 32.2. The normalized spacial score (nSPS) is 12.4. The highest BCUT2D eigenvalue weighted by Gasteiger charge is 2.28. The van der Waals surface area contributed by atoms with Gasteiger partial charge in [0, 0.05) is 0 Å². The van der Waals surface area contributed by atoms with Crippen LogP contribution < -0.4 is 0 Å². The second-order valence-electron chi connectivity index (χ2n) is 24.5. The Morgan fingerprint density at radius 3 is 0.703 bits per heavy atom. The minimum Gasteiger partial charge on any atom is -0.0587 e. The fourth-order valence-corrected chi connectivity index (χ4v) is 11.2. The van der Waals surface area contributed by atoms with Gasteiger partial charge in [0.1, 0.15) is 0 Å². The van der Waals surface area contributed by atoms with E-state index in [4.69, 9.17) is 0 Å². The zero-order valence-electron chi connectivity index (χ0n) is 46.6. The molecule has 10 aromatic rings. The summed E-state index contributed by atoms with van der Waals surface area (Å²) < 4.78 is 0. The van der Waals surface area contributed by atoms with Crippen LogP contribution in [0, 0.1) is 0 Å². The van der Waals surface area contributed by atoms with E-state index in [0.29, 0.717) is 23.7 Å². The van der Waals surface area contributed by atoms with Gasteiger partial charge in [-0.05, 0) is 167 Å². The molecule has 10 aromatic carbocycles. The number of rotatable bonds is 10. The number of hydrogen-bond acceptors (Lipinski definition) is 0. The van der Waals surface area contributed by atoms with Gasteiger partial charge in [-0.1, -0.05) is 279 Å². The van der Waals surface area contributed by atoms with E-state index in [2.05, 4.69) is 279 Å². The fourth-order valence-electron chi connectivity index (χ4n) is 11.2. The summed E-state index contributed by atoms with van der Waals surface area (Å²) in [4.78, 5) is 0. The van der Waals surface area contributed by atoms with Gasteiger partial charge in [-0.3, -0.25) is 0 Å². The molecule has 0 radical (unpaired) electrons. The van der Waals surface area contributed by atoms with Crippen LogP contribution in [0.5, 0.6) is 0 Å². The van der Waals surface area contributed by atoms with Crippen molar-refractivity contribution in [2.75, 3.05) is 0 Å². The average molecular weight is 965 g/mol. The van der Waals surface area contributed by atoms with E-state index in [9.17, 15) is 0 Å². The van der Waals surface area contributed by atoms with Crippen molar-refractivity contribution in [1.82, 2.24) is 0 Å². The van der Waals surface area contributed by atoms with Crippen molar-refractivity contribution in [3.63, 3.8) is 0 Å². The summed E-state index contributed by atoms with van der Waals surface area (Å²) in [5.41, 5.74) is 23.2. The van der Waals surface area contributed by atoms with Crippen LogP contribution in [-0.4, -0.2) is 0 Å². The summed E-state index contributed by atoms with van der Waals surface area (Å²) in [6.07, 6.45) is 0. The van der Waals surface area contributed by atoms with Gasteiger partial charge >= 0.3 is 0 Å². The third kappa shape index (κ3) is 9.54. The minimum atomic E-state index is 0.0918. The SMILES string of the molecule is CC(C)c1ccc(-c2c3ccc(C(C)C)cc3c(-c3ccc(-c4ccc(C(C)(C)C)cc4)cc3)c3c(-c4ccc(C(C)C)cc4)c4ccc(C(C)C)cc4c(-c4ccc(-c5ccc(C(C)(C)C)cc5)cc4)c23)cc1. The van der Waals surface area contributed by atoms with Gasteiger partial charge in [0.2, 0.25) is 0 Å². The van der Waals surface area contributed by atoms with Crippen LogP contribution in [-0.2, 0) is 10.8 Å². The van der Waals surface area contributed by atoms with E-state index in [0.717, 1.165) is 0 Å². The van der Waals surface area contributed by atoms with E-state index in [1.165, 1.54) is 132 Å². The third-order valence-electron chi connectivity index (χ3n) is 16.0. The maximum Gasteiger partial charge on any atom is -0.000139 e. The Kier molecular flexibility index (Phi) is 13.4. The molecule has 0 heterocycles. The van der Waals surface area contributed by atoms with Crippen LogP contribution in [0.2, 0.25) is 0 Å². The van der Waals surface area contributed by atoms with Crippen LogP contribution in [0.25, 0.3) is 99.1 Å². The lowest BCUT2D eigenvalue weighted by molar-refractivity contribution is 0.590. The molecule has 74 heavy (non-hydrogen) atoms. The summed E-state index contributed by atoms with van der Waals surface area (Å²) in [5.74, 6) is 1.54. The smallest absolute Gasteiger partial charge is 0.000139 e. The molecule has 0 aromatic heterocycles. The topological polar surface area (TPSA) is 0 Å². The van der Waals surface area contributed by atoms with Crippen LogP contribution in [0.1, 0.15) is 154 Å². The van der Waals surface area contributed by atoms with Crippen molar-refractivity contribution in [1.29, 1.82) is 0 Å². The van der Waals surface area contributed by atoms with Crippen LogP contribution in [0.15, 0.2) is 182 Å². The van der Waals surface area contributed by atoms with E-state index >= 15 is 0 Å². The molecule has 0 heteroatoms. The molecular weight excluding hydrogens is 889 g/mol. The van der Waals surface area contributed by atoms with Crippen molar-refractivity contribution in [3.05, 3.63) is 215 Å². The lowest BCUT2D eigenvalue weighted by Crippen LogP contribution is -2.10. The predicted octanol–water partition coefficient (Wildman–Crippen LogP) is 22.2. The second kappa shape index (κ2) is 19.7. The van der Waals surface area contributed by atoms with Crippen molar-refractivity contribution < 1.29 is 0 Å². The minimum absolute atomic E-state index is 0.0918. The second-order valence-corrected chi connectivity index (χ2v) is 24.5. The molecule has 0 unspecified atom stereocenters. The average Bonchev–Trinajstić information content (AvgIpc) is 3.39. The largest absolute Gasteiger partial charge is 0.0587 e. The first kappa shape index (κ1) is 50.5. The molecule has 0 N–H and O–H groups in total. The molecule has 0 saturated heterocycles. The zero-order valence-corrected chi connectivity index (χ0v) is 46.6. The van der Waals surface area contributed by atoms with E-state index in [-0.39, 0.29) is 10.8 Å². The fraction of sp³-hybridized carbons (Fsp3) is 0.270. The zero-order chi connectivity index (χ0) is 52.4. The van der Waals surface area contributed by atoms with Gasteiger partial charge in [0.15, 0.2) is 0 Å². The van der Waals surface area contributed by atoms with Crippen LogP contribution in [0.3, 0.4) is 0 Å². The molecule has 0 aliphatic heterocycles. The van der Waals surface area contributed by atoms with E-state index in [1.807, 2.05) is 0 Å². The van der Waals surface area contributed by atoms with Gasteiger partial charge in [0.05, 0.1) is 0 Å². The molecule has 0 bridgehead atoms. The molecule has 0 amide bonds. The first-order valence-electron chi connectivity index (χ1n) is 27.4. The summed E-state index contributed by atoms with van der Waals surface area (Å²) in [6, 6.07) is 71.2. The Labute approximate surface area is 443 Å². The monoisotopic (exact) mass is 965 g/mol. The number of benzene rings is 10. The predicted molar refractivity (Wildman–Crippen MR) is 325 cm³/mol. The van der Waals surface area contributed by atoms with E-state index in [1.54, 1.807) is 0 Å². The quantitative estimate of drug-likeness (QED) is 0.120. The summed E-state index contributed by atoms with van der Waals surface area (Å²) >= 11 is 0. The highest BCUT2D eigenvalue weighted by atomic mass is 14.3. The van der Waals surface area contributed by atoms with Gasteiger partial charge < -0.3 is 0 Å². The maximum atomic E-state index is 2.52. The highest BCUT2D eigenvalue weighted by Crippen LogP contribution is 2.55. The standard InChI is InChI=1S/C74H76/c1-45(2)49-15-23-55(24-16-49)67-63-41-35-59(47(5)6)43-65(63)70(58-29-21-52(22-30-58)54-33-39-62(40-34-54)74(12,13)14)72-68(56-25-17-50(18-26-56)46(3)4)64-42-36-60(48(7)8)44-66(64)69(71(67)72)57-27-19-51(20-28-57)53-31-37-61(38-32-53)73(9,10)11/h15-48H,1-14H3. The molecule has 0 spiro atoms. The lowest BCUT2D eigenvalue weighted by Gasteiger charge is -2.26. The van der Waals surface area contributed by atoms with Gasteiger partial charge in [-0.2, -0.15) is 0 Å². The molecular formula is C74H76. The number of hydrogen-bond donors (Lipinski definition) is 0. The van der Waals surface area contributed by atoms with E-state index < -0.39 is 0 Å². The molecule has 0 nitrogen and oxygen atoms in total. The first-order chi connectivity index (χ1) is 35.3. The number of fused-ring (bicyclic) bond motifs is 3. The summed E-state index contributed by atoms with van der Waals surface area (Å²) in [5, 5.41) is 7.70. The molecule has 0 aliphatic rings. The highest BCUT2D eigenvalue weighted by molar-refractivity contribution is 6.34. The van der Waals surface area contributed by atoms with Crippen LogP contribution >= 0.6 is 0 Å². The van der Waals surface area contributed by atoms with Gasteiger partial charge in [-0.25, -0.2) is 0 Å². The van der Waals surface area contributed by atoms with Gasteiger partial charge in [0.25, 0.3) is 0 Å². The molecule has 372 valence electrons. The molecule has 0 aliphatic carbocycles. The molecule has 0 atom stereocenters. The maximum absolute atomic E-state index is 2.52. The van der Waals surface area contributed by atoms with Crippen molar-refractivity contribution in [2.24, 2.45) is 0 Å². The van der Waals surface area contributed by atoms with Crippen LogP contribution in [0.4, 0.5) is 0 Å². The Morgan fingerprint density at radius 1 is 0.230 bits per heavy atom. The summed E-state index contributed by atoms with van der Waals surface area (Å²) in [7, 11) is 0. The molecule has 0 fully saturated rings. The molecule has 10 rings (SSSR count). The van der Waals surface area contributed by atoms with Crippen molar-refractivity contribution >= 4 is 32.3 Å².